The number of sulfonamides is 1. The van der Waals surface area contributed by atoms with E-state index in [9.17, 15) is 18.0 Å². The number of anilines is 1. The molecule has 0 atom stereocenters. The Morgan fingerprint density at radius 2 is 1.66 bits per heavy atom. The van der Waals surface area contributed by atoms with Gasteiger partial charge in [0.05, 0.1) is 10.7 Å². The Balaban J connectivity index is 1.17. The lowest BCUT2D eigenvalue weighted by Crippen LogP contribution is -2.50. The van der Waals surface area contributed by atoms with E-state index in [1.807, 2.05) is 4.90 Å². The maximum Gasteiger partial charge on any atom is 0.262 e. The first-order valence-electron chi connectivity index (χ1n) is 12.6. The second kappa shape index (κ2) is 10.2. The molecule has 35 heavy (non-hydrogen) atoms. The van der Waals surface area contributed by atoms with Gasteiger partial charge in [-0.05, 0) is 57.7 Å². The fourth-order valence-corrected chi connectivity index (χ4v) is 7.74. The molecule has 9 nitrogen and oxygen atoms in total. The second-order valence-electron chi connectivity index (χ2n) is 9.95. The number of ether oxygens (including phenoxy) is 1. The average molecular weight is 525 g/mol. The van der Waals surface area contributed by atoms with Crippen LogP contribution in [0.3, 0.4) is 0 Å². The zero-order chi connectivity index (χ0) is 24.6. The molecule has 1 aromatic rings. The van der Waals surface area contributed by atoms with Gasteiger partial charge in [0.15, 0.2) is 6.61 Å². The molecule has 11 heteroatoms. The molecule has 5 rings (SSSR count). The Hall–Kier alpha value is -1.88. The maximum atomic E-state index is 13.3. The Bertz CT molecular complexity index is 1080. The van der Waals surface area contributed by atoms with Crippen LogP contribution in [-0.4, -0.2) is 86.3 Å². The summed E-state index contributed by atoms with van der Waals surface area (Å²) in [7, 11) is -3.86. The van der Waals surface area contributed by atoms with Gasteiger partial charge in [0.25, 0.3) is 5.91 Å². The van der Waals surface area contributed by atoms with Crippen molar-refractivity contribution in [3.05, 3.63) is 17.2 Å². The van der Waals surface area contributed by atoms with Crippen molar-refractivity contribution in [1.29, 1.82) is 0 Å². The van der Waals surface area contributed by atoms with E-state index in [4.69, 9.17) is 16.3 Å². The molecule has 192 valence electrons. The summed E-state index contributed by atoms with van der Waals surface area (Å²) in [6.07, 6.45) is 6.93. The van der Waals surface area contributed by atoms with Gasteiger partial charge in [0, 0.05) is 44.2 Å². The normalized spacial score (nSPS) is 23.5. The summed E-state index contributed by atoms with van der Waals surface area (Å²) in [6, 6.07) is 3.37. The van der Waals surface area contributed by atoms with Crippen LogP contribution in [0.15, 0.2) is 17.0 Å². The number of piperidine rings is 3. The first kappa shape index (κ1) is 24.8. The van der Waals surface area contributed by atoms with Crippen LogP contribution in [0.1, 0.15) is 44.9 Å². The lowest BCUT2D eigenvalue weighted by molar-refractivity contribution is -0.138. The molecule has 1 N–H and O–H groups in total. The molecule has 3 saturated heterocycles. The van der Waals surface area contributed by atoms with Gasteiger partial charge in [0.1, 0.15) is 10.6 Å². The Labute approximate surface area is 211 Å². The molecule has 0 unspecified atom stereocenters. The van der Waals surface area contributed by atoms with E-state index in [-0.39, 0.29) is 53.1 Å². The molecular formula is C24H33ClN4O5S. The van der Waals surface area contributed by atoms with Crippen molar-refractivity contribution >= 4 is 39.1 Å². The quantitative estimate of drug-likeness (QED) is 0.650. The smallest absolute Gasteiger partial charge is 0.262 e. The Morgan fingerprint density at radius 1 is 0.971 bits per heavy atom. The Kier molecular flexibility index (Phi) is 7.25. The standard InChI is InChI=1S/C24H33ClN4O5S/c25-19-14-20-21(34-16-23(30)26-20)15-22(19)35(32,33)29-12-4-17(5-13-29)24(31)28-10-6-18(7-11-28)27-8-2-1-3-9-27/h14-15,17-18H,1-13,16H2,(H,26,30). The van der Waals surface area contributed by atoms with Crippen molar-refractivity contribution in [3.63, 3.8) is 0 Å². The van der Waals surface area contributed by atoms with Crippen LogP contribution in [-0.2, 0) is 19.6 Å². The van der Waals surface area contributed by atoms with Gasteiger partial charge in [-0.15, -0.1) is 0 Å². The number of halogens is 1. The highest BCUT2D eigenvalue weighted by atomic mass is 35.5. The van der Waals surface area contributed by atoms with Crippen molar-refractivity contribution in [1.82, 2.24) is 14.1 Å². The van der Waals surface area contributed by atoms with Crippen molar-refractivity contribution in [2.45, 2.75) is 55.9 Å². The maximum absolute atomic E-state index is 13.3. The van der Waals surface area contributed by atoms with Crippen LogP contribution in [0.4, 0.5) is 5.69 Å². The minimum atomic E-state index is -3.86. The van der Waals surface area contributed by atoms with Crippen LogP contribution >= 0.6 is 11.6 Å². The SMILES string of the molecule is O=C1COc2cc(S(=O)(=O)N3CCC(C(=O)N4CCC(N5CCCCC5)CC4)CC3)c(Cl)cc2N1. The fourth-order valence-electron chi connectivity index (χ4n) is 5.75. The summed E-state index contributed by atoms with van der Waals surface area (Å²) in [5, 5.41) is 2.66. The molecule has 0 saturated carbocycles. The van der Waals surface area contributed by atoms with Gasteiger partial charge in [-0.2, -0.15) is 4.31 Å². The van der Waals surface area contributed by atoms with Crippen molar-refractivity contribution in [2.24, 2.45) is 5.92 Å². The van der Waals surface area contributed by atoms with Gasteiger partial charge in [-0.25, -0.2) is 8.42 Å². The highest BCUT2D eigenvalue weighted by molar-refractivity contribution is 7.89. The van der Waals surface area contributed by atoms with Crippen molar-refractivity contribution < 1.29 is 22.7 Å². The molecule has 1 aromatic carbocycles. The number of rotatable bonds is 4. The largest absolute Gasteiger partial charge is 0.482 e. The fraction of sp³-hybridized carbons (Fsp3) is 0.667. The summed E-state index contributed by atoms with van der Waals surface area (Å²) in [6.45, 7) is 4.32. The molecule has 2 amide bonds. The molecule has 4 aliphatic rings. The minimum Gasteiger partial charge on any atom is -0.482 e. The van der Waals surface area contributed by atoms with E-state index >= 15 is 0 Å². The predicted molar refractivity (Wildman–Crippen MR) is 132 cm³/mol. The number of nitrogens with zero attached hydrogens (tertiary/aromatic N) is 3. The number of hydrogen-bond donors (Lipinski definition) is 1. The van der Waals surface area contributed by atoms with Gasteiger partial charge < -0.3 is 19.9 Å². The monoisotopic (exact) mass is 524 g/mol. The minimum absolute atomic E-state index is 0.0318. The van der Waals surface area contributed by atoms with Crippen LogP contribution in [0, 0.1) is 5.92 Å². The number of likely N-dealkylation sites (tertiary alicyclic amines) is 2. The van der Waals surface area contributed by atoms with Gasteiger partial charge in [-0.3, -0.25) is 9.59 Å². The van der Waals surface area contributed by atoms with E-state index in [1.54, 1.807) is 0 Å². The number of carbonyl (C=O) groups is 2. The summed E-state index contributed by atoms with van der Waals surface area (Å²) in [5.41, 5.74) is 0.360. The van der Waals surface area contributed by atoms with Crippen molar-refractivity contribution in [3.8, 4) is 5.75 Å². The second-order valence-corrected chi connectivity index (χ2v) is 12.3. The topological polar surface area (TPSA) is 99.3 Å². The number of benzene rings is 1. The lowest BCUT2D eigenvalue weighted by Gasteiger charge is -2.41. The third-order valence-corrected chi connectivity index (χ3v) is 10.1. The summed E-state index contributed by atoms with van der Waals surface area (Å²) in [5.74, 6) is -0.0159. The number of nitrogens with one attached hydrogen (secondary N) is 1. The van der Waals surface area contributed by atoms with Gasteiger partial charge in [0.2, 0.25) is 15.9 Å². The summed E-state index contributed by atoms with van der Waals surface area (Å²) >= 11 is 6.28. The molecule has 4 aliphatic heterocycles. The number of amides is 2. The van der Waals surface area contributed by atoms with E-state index in [2.05, 4.69) is 10.2 Å². The van der Waals surface area contributed by atoms with E-state index in [0.29, 0.717) is 24.6 Å². The van der Waals surface area contributed by atoms with Crippen molar-refractivity contribution in [2.75, 3.05) is 51.2 Å². The van der Waals surface area contributed by atoms with Gasteiger partial charge >= 0.3 is 0 Å². The molecule has 0 radical (unpaired) electrons. The third-order valence-electron chi connectivity index (χ3n) is 7.77. The summed E-state index contributed by atoms with van der Waals surface area (Å²) in [4.78, 5) is 29.2. The number of hydrogen-bond acceptors (Lipinski definition) is 6. The molecule has 0 spiro atoms. The molecule has 0 aliphatic carbocycles. The predicted octanol–water partition coefficient (Wildman–Crippen LogP) is 2.55. The highest BCUT2D eigenvalue weighted by Crippen LogP contribution is 2.37. The first-order valence-corrected chi connectivity index (χ1v) is 14.4. The first-order chi connectivity index (χ1) is 16.8. The zero-order valence-electron chi connectivity index (χ0n) is 19.9. The average Bonchev–Trinajstić information content (AvgIpc) is 2.88. The van der Waals surface area contributed by atoms with E-state index < -0.39 is 10.0 Å². The zero-order valence-corrected chi connectivity index (χ0v) is 21.5. The third kappa shape index (κ3) is 5.16. The van der Waals surface area contributed by atoms with Gasteiger partial charge in [-0.1, -0.05) is 18.0 Å². The Morgan fingerprint density at radius 3 is 2.34 bits per heavy atom. The number of carbonyl (C=O) groups excluding carboxylic acids is 2. The van der Waals surface area contributed by atoms with Crippen LogP contribution in [0.25, 0.3) is 0 Å². The molecule has 0 bridgehead atoms. The van der Waals surface area contributed by atoms with Crippen LogP contribution in [0.2, 0.25) is 5.02 Å². The number of fused-ring (bicyclic) bond motifs is 1. The van der Waals surface area contributed by atoms with Crippen LogP contribution in [0.5, 0.6) is 5.75 Å². The molecule has 3 fully saturated rings. The van der Waals surface area contributed by atoms with E-state index in [0.717, 1.165) is 25.9 Å². The summed E-state index contributed by atoms with van der Waals surface area (Å²) < 4.78 is 33.4. The highest BCUT2D eigenvalue weighted by Gasteiger charge is 2.37. The van der Waals surface area contributed by atoms with Crippen LogP contribution < -0.4 is 10.1 Å². The van der Waals surface area contributed by atoms with E-state index in [1.165, 1.54) is 48.8 Å². The lowest BCUT2D eigenvalue weighted by atomic mass is 9.94. The molecular weight excluding hydrogens is 492 g/mol. The molecule has 4 heterocycles. The molecule has 0 aromatic heterocycles.